The lowest BCUT2D eigenvalue weighted by molar-refractivity contribution is -0.161. The van der Waals surface area contributed by atoms with E-state index in [9.17, 15) is 9.59 Å². The molecule has 2 bridgehead atoms. The second-order valence-electron chi connectivity index (χ2n) is 7.30. The average Bonchev–Trinajstić information content (AvgIpc) is 2.76. The molecule has 6 heteroatoms. The van der Waals surface area contributed by atoms with Gasteiger partial charge in [0, 0.05) is 6.54 Å². The van der Waals surface area contributed by atoms with Crippen LogP contribution in [0.4, 0.5) is 4.79 Å². The topological polar surface area (TPSA) is 59.1 Å². The van der Waals surface area contributed by atoms with E-state index in [-0.39, 0.29) is 18.0 Å². The van der Waals surface area contributed by atoms with E-state index in [1.54, 1.807) is 4.90 Å². The zero-order valence-electron chi connectivity index (χ0n) is 14.4. The molecule has 1 aromatic carbocycles. The molecule has 0 unspecified atom stereocenters. The quantitative estimate of drug-likeness (QED) is 0.796. The van der Waals surface area contributed by atoms with Gasteiger partial charge in [-0.1, -0.05) is 30.3 Å². The van der Waals surface area contributed by atoms with Crippen molar-refractivity contribution in [2.45, 2.75) is 57.9 Å². The number of benzene rings is 1. The monoisotopic (exact) mass is 332 g/mol. The van der Waals surface area contributed by atoms with Gasteiger partial charge >= 0.3 is 12.0 Å². The Bertz CT molecular complexity index is 611. The summed E-state index contributed by atoms with van der Waals surface area (Å²) in [6.45, 7) is 6.35. The zero-order valence-corrected chi connectivity index (χ0v) is 14.4. The van der Waals surface area contributed by atoms with Crippen LogP contribution in [0.5, 0.6) is 0 Å². The standard InChI is InChI=1S/C18H24N2O4/c1-18(2,3)24-16(21)15-10-9-14-11-19(15)17(22)20(14)23-12-13-7-5-4-6-8-13/h4-8,14-15H,9-12H2,1-3H3/t14-,15+/m0/s1. The van der Waals surface area contributed by atoms with Crippen molar-refractivity contribution in [3.8, 4) is 0 Å². The van der Waals surface area contributed by atoms with Gasteiger partial charge in [-0.05, 0) is 39.2 Å². The number of hydroxylamine groups is 2. The summed E-state index contributed by atoms with van der Waals surface area (Å²) in [6.07, 6.45) is 1.34. The van der Waals surface area contributed by atoms with Crippen molar-refractivity contribution in [3.05, 3.63) is 35.9 Å². The third-order valence-corrected chi connectivity index (χ3v) is 4.21. The third-order valence-electron chi connectivity index (χ3n) is 4.21. The van der Waals surface area contributed by atoms with Crippen LogP contribution < -0.4 is 0 Å². The Morgan fingerprint density at radius 2 is 1.92 bits per heavy atom. The van der Waals surface area contributed by atoms with Gasteiger partial charge in [0.25, 0.3) is 0 Å². The molecule has 3 rings (SSSR count). The molecule has 2 amide bonds. The first-order valence-electron chi connectivity index (χ1n) is 8.35. The highest BCUT2D eigenvalue weighted by Crippen LogP contribution is 2.31. The smallest absolute Gasteiger partial charge is 0.345 e. The number of ether oxygens (including phenoxy) is 1. The lowest BCUT2D eigenvalue weighted by Gasteiger charge is -2.31. The van der Waals surface area contributed by atoms with Crippen LogP contribution in [-0.4, -0.2) is 46.2 Å². The summed E-state index contributed by atoms with van der Waals surface area (Å²) in [5.74, 6) is -0.334. The lowest BCUT2D eigenvalue weighted by atomic mass is 10.0. The van der Waals surface area contributed by atoms with Crippen LogP contribution in [0, 0.1) is 0 Å². The summed E-state index contributed by atoms with van der Waals surface area (Å²) in [5, 5.41) is 1.43. The minimum absolute atomic E-state index is 0.0000935. The fourth-order valence-electron chi connectivity index (χ4n) is 3.13. The number of amides is 2. The maximum Gasteiger partial charge on any atom is 0.345 e. The van der Waals surface area contributed by atoms with Gasteiger partial charge in [0.1, 0.15) is 18.2 Å². The van der Waals surface area contributed by atoms with E-state index in [0.29, 0.717) is 19.6 Å². The highest BCUT2D eigenvalue weighted by molar-refractivity contribution is 5.85. The van der Waals surface area contributed by atoms with Crippen molar-refractivity contribution >= 4 is 12.0 Å². The van der Waals surface area contributed by atoms with Gasteiger partial charge in [-0.3, -0.25) is 4.84 Å². The molecule has 0 aliphatic carbocycles. The van der Waals surface area contributed by atoms with Crippen LogP contribution >= 0.6 is 0 Å². The van der Waals surface area contributed by atoms with E-state index in [2.05, 4.69) is 0 Å². The number of esters is 1. The molecule has 6 nitrogen and oxygen atoms in total. The Hall–Kier alpha value is -2.08. The van der Waals surface area contributed by atoms with E-state index >= 15 is 0 Å². The minimum atomic E-state index is -0.555. The molecule has 2 fully saturated rings. The predicted octanol–water partition coefficient (Wildman–Crippen LogP) is 2.73. The Morgan fingerprint density at radius 3 is 2.58 bits per heavy atom. The Kier molecular flexibility index (Phi) is 4.49. The van der Waals surface area contributed by atoms with Crippen LogP contribution in [0.25, 0.3) is 0 Å². The summed E-state index contributed by atoms with van der Waals surface area (Å²) in [6, 6.07) is 8.96. The molecule has 130 valence electrons. The minimum Gasteiger partial charge on any atom is -0.458 e. The number of urea groups is 1. The van der Waals surface area contributed by atoms with Gasteiger partial charge < -0.3 is 9.64 Å². The second-order valence-corrected chi connectivity index (χ2v) is 7.30. The van der Waals surface area contributed by atoms with Crippen molar-refractivity contribution in [1.82, 2.24) is 9.96 Å². The number of rotatable bonds is 4. The molecule has 0 radical (unpaired) electrons. The molecule has 0 spiro atoms. The molecular formula is C18H24N2O4. The van der Waals surface area contributed by atoms with Crippen molar-refractivity contribution < 1.29 is 19.2 Å². The predicted molar refractivity (Wildman–Crippen MR) is 87.8 cm³/mol. The first-order valence-corrected chi connectivity index (χ1v) is 8.35. The van der Waals surface area contributed by atoms with Crippen LogP contribution in [-0.2, 0) is 21.0 Å². The van der Waals surface area contributed by atoms with Gasteiger partial charge in [0.2, 0.25) is 0 Å². The van der Waals surface area contributed by atoms with Crippen molar-refractivity contribution in [3.63, 3.8) is 0 Å². The molecule has 2 aliphatic heterocycles. The molecule has 24 heavy (non-hydrogen) atoms. The fourth-order valence-corrected chi connectivity index (χ4v) is 3.13. The van der Waals surface area contributed by atoms with E-state index < -0.39 is 11.6 Å². The number of nitrogens with zero attached hydrogens (tertiary/aromatic N) is 2. The maximum atomic E-state index is 12.6. The molecule has 1 aromatic rings. The summed E-state index contributed by atoms with van der Waals surface area (Å²) in [7, 11) is 0. The van der Waals surface area contributed by atoms with Gasteiger partial charge in [0.05, 0.1) is 6.04 Å². The Morgan fingerprint density at radius 1 is 1.21 bits per heavy atom. The molecular weight excluding hydrogens is 308 g/mol. The SMILES string of the molecule is CC(C)(C)OC(=O)[C@H]1CC[C@H]2CN1C(=O)N2OCc1ccccc1. The zero-order chi connectivity index (χ0) is 17.3. The van der Waals surface area contributed by atoms with Crippen molar-refractivity contribution in [2.24, 2.45) is 0 Å². The molecule has 0 saturated carbocycles. The summed E-state index contributed by atoms with van der Waals surface area (Å²) in [5.41, 5.74) is 0.450. The lowest BCUT2D eigenvalue weighted by Crippen LogP contribution is -2.47. The number of piperidine rings is 1. The highest BCUT2D eigenvalue weighted by atomic mass is 16.7. The van der Waals surface area contributed by atoms with E-state index in [1.165, 1.54) is 5.06 Å². The number of fused-ring (bicyclic) bond motifs is 2. The first kappa shape index (κ1) is 16.8. The van der Waals surface area contributed by atoms with E-state index in [1.807, 2.05) is 51.1 Å². The number of carbonyl (C=O) groups excluding carboxylic acids is 2. The van der Waals surface area contributed by atoms with Gasteiger partial charge in [-0.25, -0.2) is 9.59 Å². The molecule has 2 heterocycles. The largest absolute Gasteiger partial charge is 0.458 e. The summed E-state index contributed by atoms with van der Waals surface area (Å²) in [4.78, 5) is 32.3. The fraction of sp³-hybridized carbons (Fsp3) is 0.556. The van der Waals surface area contributed by atoms with Gasteiger partial charge in [-0.2, -0.15) is 5.06 Å². The maximum absolute atomic E-state index is 12.6. The Balaban J connectivity index is 1.63. The van der Waals surface area contributed by atoms with Crippen LogP contribution in [0.1, 0.15) is 39.2 Å². The average molecular weight is 332 g/mol. The number of hydrogen-bond acceptors (Lipinski definition) is 4. The number of carbonyl (C=O) groups is 2. The third kappa shape index (κ3) is 3.53. The van der Waals surface area contributed by atoms with E-state index in [4.69, 9.17) is 9.57 Å². The highest BCUT2D eigenvalue weighted by Gasteiger charge is 2.48. The number of hydrogen-bond donors (Lipinski definition) is 0. The second kappa shape index (κ2) is 6.43. The molecule has 0 N–H and O–H groups in total. The summed E-state index contributed by atoms with van der Waals surface area (Å²) >= 11 is 0. The first-order chi connectivity index (χ1) is 11.3. The van der Waals surface area contributed by atoms with Crippen LogP contribution in [0.15, 0.2) is 30.3 Å². The van der Waals surface area contributed by atoms with E-state index in [0.717, 1.165) is 12.0 Å². The molecule has 0 aromatic heterocycles. The molecule has 2 atom stereocenters. The van der Waals surface area contributed by atoms with Crippen LogP contribution in [0.3, 0.4) is 0 Å². The van der Waals surface area contributed by atoms with Crippen molar-refractivity contribution in [1.29, 1.82) is 0 Å². The van der Waals surface area contributed by atoms with Gasteiger partial charge in [0.15, 0.2) is 0 Å². The normalized spacial score (nSPS) is 23.5. The van der Waals surface area contributed by atoms with Crippen molar-refractivity contribution in [2.75, 3.05) is 6.54 Å². The Labute approximate surface area is 142 Å². The molecule has 2 saturated heterocycles. The summed E-state index contributed by atoms with van der Waals surface area (Å²) < 4.78 is 5.45. The molecule has 2 aliphatic rings. The van der Waals surface area contributed by atoms with Crippen LogP contribution in [0.2, 0.25) is 0 Å². The van der Waals surface area contributed by atoms with Gasteiger partial charge in [-0.15, -0.1) is 0 Å².